The van der Waals surface area contributed by atoms with Crippen LogP contribution in [0, 0.1) is 5.82 Å². The number of pyridine rings is 1. The topological polar surface area (TPSA) is 59.3 Å². The lowest BCUT2D eigenvalue weighted by Crippen LogP contribution is -2.18. The van der Waals surface area contributed by atoms with E-state index >= 15 is 0 Å². The second kappa shape index (κ2) is 4.84. The molecule has 0 saturated carbocycles. The molecule has 0 bridgehead atoms. The highest BCUT2D eigenvalue weighted by Crippen LogP contribution is 2.20. The van der Waals surface area contributed by atoms with Gasteiger partial charge in [0.1, 0.15) is 5.82 Å². The van der Waals surface area contributed by atoms with Crippen LogP contribution in [0.15, 0.2) is 29.1 Å². The quantitative estimate of drug-likeness (QED) is 0.924. The van der Waals surface area contributed by atoms with Crippen molar-refractivity contribution in [1.82, 2.24) is 4.57 Å². The highest BCUT2D eigenvalue weighted by atomic mass is 19.1. The molecule has 2 rings (SSSR count). The molecule has 0 aliphatic heterocycles. The van der Waals surface area contributed by atoms with E-state index in [1.54, 1.807) is 4.57 Å². The maximum Gasteiger partial charge on any atom is 0.309 e. The number of nitrogens with zero attached hydrogens (tertiary/aromatic N) is 1. The number of halogens is 1. The maximum absolute atomic E-state index is 13.2. The van der Waals surface area contributed by atoms with Crippen molar-refractivity contribution in [2.24, 2.45) is 0 Å². The second-order valence-electron chi connectivity index (χ2n) is 4.70. The van der Waals surface area contributed by atoms with E-state index in [2.05, 4.69) is 0 Å². The summed E-state index contributed by atoms with van der Waals surface area (Å²) in [7, 11) is 0. The van der Waals surface area contributed by atoms with Crippen molar-refractivity contribution in [3.8, 4) is 0 Å². The monoisotopic (exact) mass is 263 g/mol. The zero-order chi connectivity index (χ0) is 14.2. The van der Waals surface area contributed by atoms with Crippen LogP contribution in [0.4, 0.5) is 4.39 Å². The number of carboxylic acids is 1. The van der Waals surface area contributed by atoms with Crippen molar-refractivity contribution in [2.75, 3.05) is 0 Å². The predicted octanol–water partition coefficient (Wildman–Crippen LogP) is 2.35. The molecule has 0 aliphatic carbocycles. The Bertz CT molecular complexity index is 704. The highest BCUT2D eigenvalue weighted by molar-refractivity contribution is 5.80. The normalized spacial score (nSPS) is 11.2. The summed E-state index contributed by atoms with van der Waals surface area (Å²) in [4.78, 5) is 22.8. The number of hydrogen-bond donors (Lipinski definition) is 1. The van der Waals surface area contributed by atoms with E-state index in [1.807, 2.05) is 13.8 Å². The smallest absolute Gasteiger partial charge is 0.309 e. The Balaban J connectivity index is 2.84. The molecule has 1 heterocycles. The number of hydrogen-bond acceptors (Lipinski definition) is 2. The summed E-state index contributed by atoms with van der Waals surface area (Å²) in [5, 5.41) is 9.17. The fourth-order valence-corrected chi connectivity index (χ4v) is 2.27. The first-order valence-electron chi connectivity index (χ1n) is 5.95. The van der Waals surface area contributed by atoms with Crippen LogP contribution in [0.3, 0.4) is 0 Å². The third kappa shape index (κ3) is 2.50. The lowest BCUT2D eigenvalue weighted by molar-refractivity contribution is -0.136. The first-order chi connectivity index (χ1) is 8.90. The zero-order valence-corrected chi connectivity index (χ0v) is 10.7. The van der Waals surface area contributed by atoms with E-state index in [1.165, 1.54) is 24.3 Å². The van der Waals surface area contributed by atoms with E-state index < -0.39 is 11.8 Å². The molecular weight excluding hydrogens is 249 g/mol. The third-order valence-corrected chi connectivity index (χ3v) is 2.94. The van der Waals surface area contributed by atoms with Crippen LogP contribution in [0.2, 0.25) is 0 Å². The molecule has 0 aliphatic rings. The van der Waals surface area contributed by atoms with E-state index in [9.17, 15) is 14.0 Å². The Labute approximate surface area is 109 Å². The molecule has 0 amide bonds. The average molecular weight is 263 g/mol. The minimum atomic E-state index is -1.00. The summed E-state index contributed by atoms with van der Waals surface area (Å²) in [6.45, 7) is 3.78. The molecular formula is C14H14FNO3. The molecule has 100 valence electrons. The van der Waals surface area contributed by atoms with Crippen LogP contribution in [-0.2, 0) is 11.2 Å². The largest absolute Gasteiger partial charge is 0.481 e. The molecule has 19 heavy (non-hydrogen) atoms. The standard InChI is InChI=1S/C14H14FNO3/c1-8(2)16-10(7-14(18)19)6-13(17)11-5-9(15)3-4-12(11)16/h3-6,8H,7H2,1-2H3,(H,18,19). The molecule has 0 spiro atoms. The molecule has 0 fully saturated rings. The number of carboxylic acid groups (broad SMARTS) is 1. The van der Waals surface area contributed by atoms with Crippen LogP contribution in [-0.4, -0.2) is 15.6 Å². The van der Waals surface area contributed by atoms with Gasteiger partial charge >= 0.3 is 5.97 Å². The zero-order valence-electron chi connectivity index (χ0n) is 10.7. The van der Waals surface area contributed by atoms with Gasteiger partial charge in [-0.1, -0.05) is 0 Å². The van der Waals surface area contributed by atoms with Crippen molar-refractivity contribution in [3.05, 3.63) is 46.0 Å². The van der Waals surface area contributed by atoms with Crippen LogP contribution in [0.25, 0.3) is 10.9 Å². The van der Waals surface area contributed by atoms with E-state index in [-0.39, 0.29) is 23.3 Å². The van der Waals surface area contributed by atoms with Gasteiger partial charge < -0.3 is 9.67 Å². The van der Waals surface area contributed by atoms with Gasteiger partial charge in [-0.2, -0.15) is 0 Å². The van der Waals surface area contributed by atoms with Crippen LogP contribution in [0.5, 0.6) is 0 Å². The van der Waals surface area contributed by atoms with Crippen molar-refractivity contribution >= 4 is 16.9 Å². The Hall–Kier alpha value is -2.17. The molecule has 0 atom stereocenters. The fourth-order valence-electron chi connectivity index (χ4n) is 2.27. The number of aromatic nitrogens is 1. The summed E-state index contributed by atoms with van der Waals surface area (Å²) in [5.41, 5.74) is 0.620. The van der Waals surface area contributed by atoms with E-state index in [0.717, 1.165) is 0 Å². The third-order valence-electron chi connectivity index (χ3n) is 2.94. The SMILES string of the molecule is CC(C)n1c(CC(=O)O)cc(=O)c2cc(F)ccc21. The van der Waals surface area contributed by atoms with Crippen molar-refractivity contribution < 1.29 is 14.3 Å². The van der Waals surface area contributed by atoms with E-state index in [0.29, 0.717) is 11.2 Å². The molecule has 0 unspecified atom stereocenters. The van der Waals surface area contributed by atoms with Gasteiger partial charge in [-0.25, -0.2) is 4.39 Å². The summed E-state index contributed by atoms with van der Waals surface area (Å²) in [6.07, 6.45) is -0.235. The summed E-state index contributed by atoms with van der Waals surface area (Å²) >= 11 is 0. The average Bonchev–Trinajstić information content (AvgIpc) is 2.28. The Morgan fingerprint density at radius 1 is 1.37 bits per heavy atom. The van der Waals surface area contributed by atoms with Gasteiger partial charge in [-0.05, 0) is 32.0 Å². The van der Waals surface area contributed by atoms with Crippen molar-refractivity contribution in [1.29, 1.82) is 0 Å². The van der Waals surface area contributed by atoms with Crippen molar-refractivity contribution in [3.63, 3.8) is 0 Å². The first-order valence-corrected chi connectivity index (χ1v) is 5.95. The fraction of sp³-hybridized carbons (Fsp3) is 0.286. The lowest BCUT2D eigenvalue weighted by Gasteiger charge is -2.19. The van der Waals surface area contributed by atoms with Gasteiger partial charge in [-0.3, -0.25) is 9.59 Å². The molecule has 5 heteroatoms. The van der Waals surface area contributed by atoms with Crippen LogP contribution >= 0.6 is 0 Å². The lowest BCUT2D eigenvalue weighted by atomic mass is 10.1. The number of benzene rings is 1. The molecule has 0 radical (unpaired) electrons. The summed E-state index contributed by atoms with van der Waals surface area (Å²) < 4.78 is 15.0. The van der Waals surface area contributed by atoms with Gasteiger partial charge in [0.05, 0.1) is 11.9 Å². The van der Waals surface area contributed by atoms with Gasteiger partial charge in [0.25, 0.3) is 0 Å². The minimum absolute atomic E-state index is 0.0251. The number of carbonyl (C=O) groups is 1. The Morgan fingerprint density at radius 3 is 2.63 bits per heavy atom. The van der Waals surface area contributed by atoms with Gasteiger partial charge in [0.2, 0.25) is 0 Å². The molecule has 0 saturated heterocycles. The number of aliphatic carboxylic acids is 1. The predicted molar refractivity (Wildman–Crippen MR) is 69.9 cm³/mol. The highest BCUT2D eigenvalue weighted by Gasteiger charge is 2.14. The maximum atomic E-state index is 13.2. The Kier molecular flexibility index (Phi) is 3.38. The van der Waals surface area contributed by atoms with Crippen LogP contribution in [0.1, 0.15) is 25.6 Å². The second-order valence-corrected chi connectivity index (χ2v) is 4.70. The van der Waals surface area contributed by atoms with Crippen LogP contribution < -0.4 is 5.43 Å². The number of rotatable bonds is 3. The molecule has 1 N–H and O–H groups in total. The minimum Gasteiger partial charge on any atom is -0.481 e. The molecule has 4 nitrogen and oxygen atoms in total. The van der Waals surface area contributed by atoms with Gasteiger partial charge in [0.15, 0.2) is 5.43 Å². The van der Waals surface area contributed by atoms with Gasteiger partial charge in [0, 0.05) is 23.2 Å². The van der Waals surface area contributed by atoms with Gasteiger partial charge in [-0.15, -0.1) is 0 Å². The van der Waals surface area contributed by atoms with Crippen molar-refractivity contribution in [2.45, 2.75) is 26.3 Å². The number of fused-ring (bicyclic) bond motifs is 1. The van der Waals surface area contributed by atoms with E-state index in [4.69, 9.17) is 5.11 Å². The molecule has 1 aromatic heterocycles. The molecule has 1 aromatic carbocycles. The summed E-state index contributed by atoms with van der Waals surface area (Å²) in [5.74, 6) is -1.49. The summed E-state index contributed by atoms with van der Waals surface area (Å²) in [6, 6.07) is 5.21. The molecule has 2 aromatic rings. The Morgan fingerprint density at radius 2 is 2.05 bits per heavy atom. The first kappa shape index (κ1) is 13.3.